The van der Waals surface area contributed by atoms with Crippen LogP contribution in [-0.4, -0.2) is 13.2 Å². The molecule has 0 saturated carbocycles. The quantitative estimate of drug-likeness (QED) is 0.663. The van der Waals surface area contributed by atoms with E-state index in [1.807, 2.05) is 25.1 Å². The topological polar surface area (TPSA) is 18.5 Å². The average molecular weight is 204 g/mol. The van der Waals surface area contributed by atoms with Crippen LogP contribution in [0.25, 0.3) is 0 Å². The lowest BCUT2D eigenvalue weighted by Crippen LogP contribution is -1.99. The summed E-state index contributed by atoms with van der Waals surface area (Å²) in [5.41, 5.74) is 1.00. The Morgan fingerprint density at radius 1 is 1.07 bits per heavy atom. The summed E-state index contributed by atoms with van der Waals surface area (Å²) in [6.07, 6.45) is 3.44. The third-order valence-electron chi connectivity index (χ3n) is 1.95. The number of rotatable bonds is 6. The van der Waals surface area contributed by atoms with Gasteiger partial charge in [0.25, 0.3) is 0 Å². The van der Waals surface area contributed by atoms with Crippen molar-refractivity contribution >= 4 is 0 Å². The Labute approximate surface area is 90.8 Å². The van der Waals surface area contributed by atoms with Crippen LogP contribution >= 0.6 is 0 Å². The highest BCUT2D eigenvalue weighted by molar-refractivity contribution is 5.43. The van der Waals surface area contributed by atoms with Gasteiger partial charge in [0.2, 0.25) is 0 Å². The number of hydrogen-bond acceptors (Lipinski definition) is 2. The molecule has 2 heteroatoms. The first-order chi connectivity index (χ1) is 7.29. The molecule has 1 aromatic rings. The minimum Gasteiger partial charge on any atom is -0.489 e. The fourth-order valence-electron chi connectivity index (χ4n) is 1.20. The van der Waals surface area contributed by atoms with Crippen molar-refractivity contribution in [3.63, 3.8) is 0 Å². The van der Waals surface area contributed by atoms with Gasteiger partial charge < -0.3 is 9.47 Å². The fourth-order valence-corrected chi connectivity index (χ4v) is 1.20. The molecule has 0 heterocycles. The molecule has 0 aliphatic carbocycles. The molecule has 0 N–H and O–H groups in total. The predicted octanol–water partition coefficient (Wildman–Crippen LogP) is 3.12. The van der Waals surface area contributed by atoms with Crippen LogP contribution in [0, 0.1) is 6.92 Å². The first-order valence-electron chi connectivity index (χ1n) is 4.86. The van der Waals surface area contributed by atoms with Crippen molar-refractivity contribution in [3.8, 4) is 11.5 Å². The van der Waals surface area contributed by atoms with Crippen molar-refractivity contribution in [1.29, 1.82) is 0 Å². The lowest BCUT2D eigenvalue weighted by molar-refractivity contribution is 0.340. The molecule has 0 unspecified atom stereocenters. The smallest absolute Gasteiger partial charge is 0.126 e. The van der Waals surface area contributed by atoms with Crippen LogP contribution in [-0.2, 0) is 0 Å². The van der Waals surface area contributed by atoms with E-state index in [1.165, 1.54) is 0 Å². The van der Waals surface area contributed by atoms with Gasteiger partial charge in [-0.3, -0.25) is 0 Å². The van der Waals surface area contributed by atoms with E-state index in [1.54, 1.807) is 12.2 Å². The Bertz CT molecular complexity index is 312. The van der Waals surface area contributed by atoms with Crippen LogP contribution in [0.4, 0.5) is 0 Å². The second kappa shape index (κ2) is 5.91. The van der Waals surface area contributed by atoms with Gasteiger partial charge in [0.15, 0.2) is 0 Å². The molecule has 80 valence electrons. The lowest BCUT2D eigenvalue weighted by atomic mass is 10.2. The lowest BCUT2D eigenvalue weighted by Gasteiger charge is -2.11. The van der Waals surface area contributed by atoms with Crippen LogP contribution in [0.2, 0.25) is 0 Å². The summed E-state index contributed by atoms with van der Waals surface area (Å²) < 4.78 is 11.0. The first-order valence-corrected chi connectivity index (χ1v) is 4.86. The van der Waals surface area contributed by atoms with Crippen LogP contribution in [0.1, 0.15) is 5.56 Å². The summed E-state index contributed by atoms with van der Waals surface area (Å²) in [6, 6.07) is 5.74. The van der Waals surface area contributed by atoms with E-state index in [9.17, 15) is 0 Å². The zero-order valence-electron chi connectivity index (χ0n) is 9.03. The molecule has 2 nitrogen and oxygen atoms in total. The van der Waals surface area contributed by atoms with Crippen LogP contribution in [0.15, 0.2) is 43.5 Å². The van der Waals surface area contributed by atoms with E-state index in [4.69, 9.17) is 9.47 Å². The minimum atomic E-state index is 0.506. The third kappa shape index (κ3) is 3.17. The van der Waals surface area contributed by atoms with Gasteiger partial charge in [0, 0.05) is 5.56 Å². The van der Waals surface area contributed by atoms with Gasteiger partial charge in [0.1, 0.15) is 24.7 Å². The Morgan fingerprint density at radius 2 is 1.53 bits per heavy atom. The van der Waals surface area contributed by atoms with E-state index < -0.39 is 0 Å². The first kappa shape index (κ1) is 11.4. The van der Waals surface area contributed by atoms with E-state index in [-0.39, 0.29) is 0 Å². The van der Waals surface area contributed by atoms with Gasteiger partial charge in [-0.2, -0.15) is 0 Å². The zero-order valence-corrected chi connectivity index (χ0v) is 9.03. The maximum Gasteiger partial charge on any atom is 0.126 e. The number of hydrogen-bond donors (Lipinski definition) is 0. The molecule has 0 aliphatic heterocycles. The second-order valence-corrected chi connectivity index (χ2v) is 3.08. The average Bonchev–Trinajstić information content (AvgIpc) is 2.26. The van der Waals surface area contributed by atoms with Crippen LogP contribution < -0.4 is 9.47 Å². The maximum atomic E-state index is 5.48. The van der Waals surface area contributed by atoms with Gasteiger partial charge in [-0.25, -0.2) is 0 Å². The third-order valence-corrected chi connectivity index (χ3v) is 1.95. The Morgan fingerprint density at radius 3 is 1.93 bits per heavy atom. The maximum absolute atomic E-state index is 5.48. The van der Waals surface area contributed by atoms with Gasteiger partial charge in [0.05, 0.1) is 0 Å². The Hall–Kier alpha value is -1.70. The van der Waals surface area contributed by atoms with Gasteiger partial charge in [-0.15, -0.1) is 0 Å². The molecule has 0 saturated heterocycles. The summed E-state index contributed by atoms with van der Waals surface area (Å²) in [6.45, 7) is 10.2. The van der Waals surface area contributed by atoms with Crippen molar-refractivity contribution in [2.75, 3.05) is 13.2 Å². The molecule has 0 aliphatic rings. The zero-order chi connectivity index (χ0) is 11.1. The van der Waals surface area contributed by atoms with Crippen molar-refractivity contribution in [3.05, 3.63) is 49.1 Å². The molecular formula is C13H16O2. The van der Waals surface area contributed by atoms with Gasteiger partial charge in [-0.1, -0.05) is 31.4 Å². The van der Waals surface area contributed by atoms with E-state index >= 15 is 0 Å². The molecule has 1 rings (SSSR count). The van der Waals surface area contributed by atoms with E-state index in [0.717, 1.165) is 17.1 Å². The highest BCUT2D eigenvalue weighted by atomic mass is 16.5. The summed E-state index contributed by atoms with van der Waals surface area (Å²) in [5, 5.41) is 0. The summed E-state index contributed by atoms with van der Waals surface area (Å²) in [5.74, 6) is 1.66. The fraction of sp³-hybridized carbons (Fsp3) is 0.231. The molecule has 15 heavy (non-hydrogen) atoms. The molecule has 0 amide bonds. The molecule has 0 bridgehead atoms. The minimum absolute atomic E-state index is 0.506. The van der Waals surface area contributed by atoms with Gasteiger partial charge >= 0.3 is 0 Å². The molecule has 0 fully saturated rings. The summed E-state index contributed by atoms with van der Waals surface area (Å²) in [7, 11) is 0. The van der Waals surface area contributed by atoms with Crippen molar-refractivity contribution < 1.29 is 9.47 Å². The Kier molecular flexibility index (Phi) is 4.48. The number of ether oxygens (including phenoxy) is 2. The molecule has 0 atom stereocenters. The Balaban J connectivity index is 2.79. The van der Waals surface area contributed by atoms with Crippen LogP contribution in [0.5, 0.6) is 11.5 Å². The summed E-state index contributed by atoms with van der Waals surface area (Å²) in [4.78, 5) is 0. The molecule has 0 aromatic heterocycles. The molecule has 0 spiro atoms. The van der Waals surface area contributed by atoms with Crippen molar-refractivity contribution in [2.24, 2.45) is 0 Å². The second-order valence-electron chi connectivity index (χ2n) is 3.08. The SMILES string of the molecule is C=CCOc1cccc(OCC=C)c1C. The molecule has 0 radical (unpaired) electrons. The summed E-state index contributed by atoms with van der Waals surface area (Å²) >= 11 is 0. The van der Waals surface area contributed by atoms with Crippen molar-refractivity contribution in [1.82, 2.24) is 0 Å². The van der Waals surface area contributed by atoms with E-state index in [2.05, 4.69) is 13.2 Å². The number of benzene rings is 1. The van der Waals surface area contributed by atoms with Crippen LogP contribution in [0.3, 0.4) is 0 Å². The van der Waals surface area contributed by atoms with E-state index in [0.29, 0.717) is 13.2 Å². The highest BCUT2D eigenvalue weighted by Gasteiger charge is 2.04. The highest BCUT2D eigenvalue weighted by Crippen LogP contribution is 2.27. The normalized spacial score (nSPS) is 9.40. The van der Waals surface area contributed by atoms with Crippen molar-refractivity contribution in [2.45, 2.75) is 6.92 Å². The monoisotopic (exact) mass is 204 g/mol. The molecular weight excluding hydrogens is 188 g/mol. The predicted molar refractivity (Wildman–Crippen MR) is 62.6 cm³/mol. The molecule has 1 aromatic carbocycles. The van der Waals surface area contributed by atoms with Gasteiger partial charge in [-0.05, 0) is 19.1 Å². The standard InChI is InChI=1S/C13H16O2/c1-4-9-14-12-7-6-8-13(11(12)3)15-10-5-2/h4-8H,1-2,9-10H2,3H3. The largest absolute Gasteiger partial charge is 0.489 e.